The molecule has 1 aromatic heterocycles. The lowest BCUT2D eigenvalue weighted by Crippen LogP contribution is -2.41. The number of amides is 3. The molecule has 1 heterocycles. The van der Waals surface area contributed by atoms with Gasteiger partial charge in [0.05, 0.1) is 6.26 Å². The molecule has 0 radical (unpaired) electrons. The number of furan rings is 1. The van der Waals surface area contributed by atoms with Gasteiger partial charge in [-0.1, -0.05) is 13.8 Å². The van der Waals surface area contributed by atoms with Crippen LogP contribution in [0.25, 0.3) is 0 Å². The Kier molecular flexibility index (Phi) is 7.70. The van der Waals surface area contributed by atoms with Crippen LogP contribution in [-0.2, 0) is 6.54 Å². The fourth-order valence-electron chi connectivity index (χ4n) is 3.05. The third kappa shape index (κ3) is 5.76. The van der Waals surface area contributed by atoms with Crippen molar-refractivity contribution in [2.24, 2.45) is 5.92 Å². The molecule has 0 bridgehead atoms. The number of nitrogens with one attached hydrogen (secondary N) is 2. The molecule has 7 heteroatoms. The van der Waals surface area contributed by atoms with E-state index in [0.717, 1.165) is 11.3 Å². The molecule has 7 nitrogen and oxygen atoms in total. The van der Waals surface area contributed by atoms with E-state index in [1.165, 1.54) is 6.26 Å². The van der Waals surface area contributed by atoms with Crippen LogP contribution in [0.4, 0.5) is 16.2 Å². The van der Waals surface area contributed by atoms with Gasteiger partial charge in [0, 0.05) is 44.6 Å². The topological polar surface area (TPSA) is 77.8 Å². The summed E-state index contributed by atoms with van der Waals surface area (Å²) in [7, 11) is 3.92. The van der Waals surface area contributed by atoms with Gasteiger partial charge in [-0.25, -0.2) is 4.79 Å². The maximum absolute atomic E-state index is 13.1. The Hall–Kier alpha value is -2.96. The van der Waals surface area contributed by atoms with Crippen molar-refractivity contribution in [3.05, 3.63) is 47.9 Å². The Labute approximate surface area is 173 Å². The number of carbonyl (C=O) groups is 2. The summed E-state index contributed by atoms with van der Waals surface area (Å²) >= 11 is 0. The minimum atomic E-state index is -0.255. The number of hydrogen-bond donors (Lipinski definition) is 2. The Balaban J connectivity index is 2.39. The second-order valence-corrected chi connectivity index (χ2v) is 7.62. The molecule has 1 unspecified atom stereocenters. The van der Waals surface area contributed by atoms with Gasteiger partial charge in [0.15, 0.2) is 5.76 Å². The quantitative estimate of drug-likeness (QED) is 0.697. The van der Waals surface area contributed by atoms with E-state index in [4.69, 9.17) is 4.42 Å². The summed E-state index contributed by atoms with van der Waals surface area (Å²) in [6.07, 6.45) is 1.51. The lowest BCUT2D eigenvalue weighted by molar-refractivity contribution is 0.0595. The predicted octanol–water partition coefficient (Wildman–Crippen LogP) is 4.17. The number of anilines is 2. The highest BCUT2D eigenvalue weighted by Gasteiger charge is 2.26. The van der Waals surface area contributed by atoms with Crippen molar-refractivity contribution >= 4 is 23.3 Å². The first-order valence-corrected chi connectivity index (χ1v) is 9.94. The van der Waals surface area contributed by atoms with Crippen LogP contribution in [0.2, 0.25) is 0 Å². The third-order valence-corrected chi connectivity index (χ3v) is 4.95. The Morgan fingerprint density at radius 2 is 1.86 bits per heavy atom. The van der Waals surface area contributed by atoms with Gasteiger partial charge >= 0.3 is 6.03 Å². The SMILES string of the molecule is CCNC(=O)Nc1ccc(N(C)C)c(CN(C(=O)c2ccco2)C(C)C(C)C)c1. The number of urea groups is 1. The first-order chi connectivity index (χ1) is 13.7. The van der Waals surface area contributed by atoms with E-state index in [2.05, 4.69) is 24.5 Å². The second-order valence-electron chi connectivity index (χ2n) is 7.62. The molecule has 158 valence electrons. The molecule has 0 fully saturated rings. The van der Waals surface area contributed by atoms with Crippen LogP contribution < -0.4 is 15.5 Å². The second kappa shape index (κ2) is 10.0. The largest absolute Gasteiger partial charge is 0.459 e. The van der Waals surface area contributed by atoms with Gasteiger partial charge in [0.1, 0.15) is 0 Å². The molecule has 1 aromatic carbocycles. The zero-order valence-electron chi connectivity index (χ0n) is 18.2. The van der Waals surface area contributed by atoms with Crippen molar-refractivity contribution in [1.29, 1.82) is 0 Å². The van der Waals surface area contributed by atoms with Crippen LogP contribution in [0.1, 0.15) is 43.8 Å². The fraction of sp³-hybridized carbons (Fsp3) is 0.455. The van der Waals surface area contributed by atoms with Crippen LogP contribution >= 0.6 is 0 Å². The number of hydrogen-bond acceptors (Lipinski definition) is 4. The van der Waals surface area contributed by atoms with Crippen molar-refractivity contribution < 1.29 is 14.0 Å². The summed E-state index contributed by atoms with van der Waals surface area (Å²) in [6, 6.07) is 8.87. The van der Waals surface area contributed by atoms with E-state index >= 15 is 0 Å². The monoisotopic (exact) mass is 400 g/mol. The zero-order valence-corrected chi connectivity index (χ0v) is 18.2. The summed E-state index contributed by atoms with van der Waals surface area (Å²) < 4.78 is 5.36. The van der Waals surface area contributed by atoms with E-state index in [9.17, 15) is 9.59 Å². The summed E-state index contributed by atoms with van der Waals surface area (Å²) in [4.78, 5) is 28.9. The molecular weight excluding hydrogens is 368 g/mol. The number of benzene rings is 1. The maximum Gasteiger partial charge on any atom is 0.319 e. The van der Waals surface area contributed by atoms with Gasteiger partial charge in [-0.15, -0.1) is 0 Å². The summed E-state index contributed by atoms with van der Waals surface area (Å²) in [6.45, 7) is 9.03. The van der Waals surface area contributed by atoms with Gasteiger partial charge in [-0.2, -0.15) is 0 Å². The van der Waals surface area contributed by atoms with Crippen molar-refractivity contribution in [3.63, 3.8) is 0 Å². The highest BCUT2D eigenvalue weighted by molar-refractivity contribution is 5.92. The molecule has 0 aliphatic heterocycles. The van der Waals surface area contributed by atoms with Gasteiger partial charge in [0.25, 0.3) is 5.91 Å². The Bertz CT molecular complexity index is 815. The van der Waals surface area contributed by atoms with Gasteiger partial charge in [-0.3, -0.25) is 4.79 Å². The smallest absolute Gasteiger partial charge is 0.319 e. The average molecular weight is 401 g/mol. The van der Waals surface area contributed by atoms with E-state index in [0.29, 0.717) is 24.5 Å². The molecule has 3 amide bonds. The maximum atomic E-state index is 13.1. The van der Waals surface area contributed by atoms with Gasteiger partial charge < -0.3 is 24.9 Å². The van der Waals surface area contributed by atoms with Gasteiger partial charge in [-0.05, 0) is 55.7 Å². The summed E-state index contributed by atoms with van der Waals surface area (Å²) in [5, 5.41) is 5.57. The minimum absolute atomic E-state index is 0.00242. The number of carbonyl (C=O) groups excluding carboxylic acids is 2. The van der Waals surface area contributed by atoms with Crippen LogP contribution in [0.3, 0.4) is 0 Å². The van der Waals surface area contributed by atoms with Crippen molar-refractivity contribution in [2.45, 2.75) is 40.3 Å². The third-order valence-electron chi connectivity index (χ3n) is 4.95. The van der Waals surface area contributed by atoms with Gasteiger partial charge in [0.2, 0.25) is 0 Å². The highest BCUT2D eigenvalue weighted by Crippen LogP contribution is 2.27. The molecule has 1 atom stereocenters. The Morgan fingerprint density at radius 3 is 2.41 bits per heavy atom. The van der Waals surface area contributed by atoms with Crippen molar-refractivity contribution in [3.8, 4) is 0 Å². The standard InChI is InChI=1S/C22H32N4O3/c1-7-23-22(28)24-18-10-11-19(25(5)6)17(13-18)14-26(16(4)15(2)3)21(27)20-9-8-12-29-20/h8-13,15-16H,7,14H2,1-6H3,(H2,23,24,28). The minimum Gasteiger partial charge on any atom is -0.459 e. The zero-order chi connectivity index (χ0) is 21.6. The predicted molar refractivity (Wildman–Crippen MR) is 116 cm³/mol. The molecule has 29 heavy (non-hydrogen) atoms. The molecule has 0 saturated heterocycles. The molecule has 0 spiro atoms. The normalized spacial score (nSPS) is 11.8. The molecule has 2 aromatic rings. The van der Waals surface area contributed by atoms with E-state index in [1.807, 2.05) is 55.9 Å². The molecular formula is C22H32N4O3. The van der Waals surface area contributed by atoms with E-state index in [1.54, 1.807) is 12.1 Å². The average Bonchev–Trinajstić information content (AvgIpc) is 3.19. The van der Waals surface area contributed by atoms with E-state index in [-0.39, 0.29) is 23.9 Å². The summed E-state index contributed by atoms with van der Waals surface area (Å²) in [5.41, 5.74) is 2.61. The number of rotatable bonds is 8. The van der Waals surface area contributed by atoms with Crippen LogP contribution in [0, 0.1) is 5.92 Å². The van der Waals surface area contributed by atoms with Crippen molar-refractivity contribution in [1.82, 2.24) is 10.2 Å². The molecule has 0 aliphatic carbocycles. The lowest BCUT2D eigenvalue weighted by Gasteiger charge is -2.32. The van der Waals surface area contributed by atoms with Crippen LogP contribution in [-0.4, -0.2) is 43.5 Å². The molecule has 2 N–H and O–H groups in total. The van der Waals surface area contributed by atoms with Crippen molar-refractivity contribution in [2.75, 3.05) is 30.9 Å². The van der Waals surface area contributed by atoms with Crippen LogP contribution in [0.15, 0.2) is 41.0 Å². The number of nitrogens with zero attached hydrogens (tertiary/aromatic N) is 2. The molecule has 0 saturated carbocycles. The highest BCUT2D eigenvalue weighted by atomic mass is 16.3. The fourth-order valence-corrected chi connectivity index (χ4v) is 3.05. The Morgan fingerprint density at radius 1 is 1.14 bits per heavy atom. The van der Waals surface area contributed by atoms with Crippen LogP contribution in [0.5, 0.6) is 0 Å². The lowest BCUT2D eigenvalue weighted by atomic mass is 10.0. The van der Waals surface area contributed by atoms with E-state index < -0.39 is 0 Å². The first kappa shape index (κ1) is 22.3. The summed E-state index contributed by atoms with van der Waals surface area (Å²) in [5.74, 6) is 0.442. The molecule has 2 rings (SSSR count). The first-order valence-electron chi connectivity index (χ1n) is 9.94. The molecule has 0 aliphatic rings.